The van der Waals surface area contributed by atoms with Crippen molar-refractivity contribution in [2.24, 2.45) is 21.7 Å². The van der Waals surface area contributed by atoms with Crippen LogP contribution in [0.1, 0.15) is 12.5 Å². The molecule has 1 atom stereocenters. The Balaban J connectivity index is 2.23. The maximum absolute atomic E-state index is 13.4. The number of nitrogens with zero attached hydrogens (tertiary/aromatic N) is 3. The minimum absolute atomic E-state index is 0.0734. The number of para-hydroxylation sites is 1. The largest absolute Gasteiger partial charge is 0.496 e. The van der Waals surface area contributed by atoms with Crippen molar-refractivity contribution in [1.29, 1.82) is 0 Å². The molecular formula is C16H17F7N4O. The standard InChI is InChI=1S/C16H17F7N4O/c1-9-7-27(26-12(9)10-5-3-4-6-11(10)28-2)13(24)25-8-14(17,18)15(19,20)16(21,22)23/h3-6,9H,7-8H2,1-2H3,(H2,24,25). The van der Waals surface area contributed by atoms with Gasteiger partial charge >= 0.3 is 18.0 Å². The molecule has 1 aromatic rings. The molecule has 1 unspecified atom stereocenters. The van der Waals surface area contributed by atoms with Crippen LogP contribution in [0.4, 0.5) is 30.7 Å². The van der Waals surface area contributed by atoms with Crippen LogP contribution in [0.25, 0.3) is 0 Å². The van der Waals surface area contributed by atoms with Crippen LogP contribution in [0.5, 0.6) is 5.75 Å². The maximum atomic E-state index is 13.4. The molecule has 0 saturated heterocycles. The minimum Gasteiger partial charge on any atom is -0.496 e. The first-order chi connectivity index (χ1) is 12.8. The van der Waals surface area contributed by atoms with Crippen LogP contribution in [-0.4, -0.2) is 54.9 Å². The van der Waals surface area contributed by atoms with E-state index in [1.54, 1.807) is 31.2 Å². The second-order valence-corrected chi connectivity index (χ2v) is 6.12. The van der Waals surface area contributed by atoms with Gasteiger partial charge in [0.25, 0.3) is 0 Å². The second kappa shape index (κ2) is 7.47. The topological polar surface area (TPSA) is 63.2 Å². The third-order valence-electron chi connectivity index (χ3n) is 4.04. The first-order valence-electron chi connectivity index (χ1n) is 7.93. The van der Waals surface area contributed by atoms with E-state index in [-0.39, 0.29) is 12.5 Å². The van der Waals surface area contributed by atoms with Gasteiger partial charge in [0.2, 0.25) is 5.96 Å². The van der Waals surface area contributed by atoms with E-state index in [1.807, 2.05) is 0 Å². The van der Waals surface area contributed by atoms with Crippen LogP contribution in [0.2, 0.25) is 0 Å². The molecule has 0 bridgehead atoms. The highest BCUT2D eigenvalue weighted by molar-refractivity contribution is 6.06. The summed E-state index contributed by atoms with van der Waals surface area (Å²) in [5, 5.41) is 5.09. The fourth-order valence-corrected chi connectivity index (χ4v) is 2.50. The zero-order valence-corrected chi connectivity index (χ0v) is 14.8. The van der Waals surface area contributed by atoms with Crippen LogP contribution < -0.4 is 10.5 Å². The number of benzene rings is 1. The van der Waals surface area contributed by atoms with E-state index in [1.165, 1.54) is 7.11 Å². The molecule has 0 fully saturated rings. The number of rotatable bonds is 5. The van der Waals surface area contributed by atoms with Gasteiger partial charge in [-0.3, -0.25) is 0 Å². The molecule has 0 saturated carbocycles. The second-order valence-electron chi connectivity index (χ2n) is 6.12. The number of nitrogens with two attached hydrogens (primary N) is 1. The molecule has 1 aliphatic heterocycles. The quantitative estimate of drug-likeness (QED) is 0.456. The lowest BCUT2D eigenvalue weighted by molar-refractivity contribution is -0.351. The number of methoxy groups -OCH3 is 1. The third kappa shape index (κ3) is 3.99. The molecule has 156 valence electrons. The Hall–Kier alpha value is -2.53. The van der Waals surface area contributed by atoms with E-state index in [9.17, 15) is 30.7 Å². The van der Waals surface area contributed by atoms with Crippen molar-refractivity contribution in [3.63, 3.8) is 0 Å². The van der Waals surface area contributed by atoms with Crippen molar-refractivity contribution in [3.8, 4) is 5.75 Å². The Morgan fingerprint density at radius 2 is 1.82 bits per heavy atom. The molecule has 0 spiro atoms. The number of guanidine groups is 1. The van der Waals surface area contributed by atoms with Gasteiger partial charge in [0.05, 0.1) is 19.4 Å². The van der Waals surface area contributed by atoms with Gasteiger partial charge in [0.1, 0.15) is 12.3 Å². The molecule has 28 heavy (non-hydrogen) atoms. The number of ether oxygens (including phenoxy) is 1. The number of halogens is 7. The summed E-state index contributed by atoms with van der Waals surface area (Å²) in [6, 6.07) is 6.81. The van der Waals surface area contributed by atoms with Crippen LogP contribution in [0.15, 0.2) is 34.4 Å². The molecule has 0 radical (unpaired) electrons. The van der Waals surface area contributed by atoms with Crippen LogP contribution in [0.3, 0.4) is 0 Å². The monoisotopic (exact) mass is 414 g/mol. The smallest absolute Gasteiger partial charge is 0.459 e. The van der Waals surface area contributed by atoms with Gasteiger partial charge < -0.3 is 10.5 Å². The van der Waals surface area contributed by atoms with Gasteiger partial charge in [0.15, 0.2) is 0 Å². The van der Waals surface area contributed by atoms with E-state index < -0.39 is 30.5 Å². The first-order valence-corrected chi connectivity index (χ1v) is 7.93. The molecule has 5 nitrogen and oxygen atoms in total. The van der Waals surface area contributed by atoms with E-state index in [4.69, 9.17) is 10.5 Å². The summed E-state index contributed by atoms with van der Waals surface area (Å²) in [4.78, 5) is 3.01. The molecule has 1 heterocycles. The van der Waals surface area contributed by atoms with Crippen molar-refractivity contribution >= 4 is 11.7 Å². The lowest BCUT2D eigenvalue weighted by Gasteiger charge is -2.27. The molecule has 0 aromatic heterocycles. The third-order valence-corrected chi connectivity index (χ3v) is 4.04. The molecule has 12 heteroatoms. The highest BCUT2D eigenvalue weighted by Crippen LogP contribution is 2.46. The van der Waals surface area contributed by atoms with Gasteiger partial charge in [-0.15, -0.1) is 0 Å². The van der Waals surface area contributed by atoms with Gasteiger partial charge in [0, 0.05) is 11.5 Å². The SMILES string of the molecule is COc1ccccc1C1=NN(C(N)=NCC(F)(F)C(F)(F)C(F)(F)F)CC1C. The highest BCUT2D eigenvalue weighted by atomic mass is 19.4. The molecule has 1 aliphatic rings. The fraction of sp³-hybridized carbons (Fsp3) is 0.500. The Labute approximate surface area is 155 Å². The van der Waals surface area contributed by atoms with Gasteiger partial charge in [-0.05, 0) is 12.1 Å². The highest BCUT2D eigenvalue weighted by Gasteiger charge is 2.72. The zero-order chi connectivity index (χ0) is 21.3. The summed E-state index contributed by atoms with van der Waals surface area (Å²) >= 11 is 0. The summed E-state index contributed by atoms with van der Waals surface area (Å²) in [5.74, 6) is -12.2. The lowest BCUT2D eigenvalue weighted by Crippen LogP contribution is -2.53. The number of hydrazone groups is 1. The maximum Gasteiger partial charge on any atom is 0.459 e. The first kappa shape index (κ1) is 21.8. The number of alkyl halides is 7. The normalized spacial score (nSPS) is 19.0. The van der Waals surface area contributed by atoms with Crippen LogP contribution in [0, 0.1) is 5.92 Å². The number of hydrogen-bond donors (Lipinski definition) is 1. The van der Waals surface area contributed by atoms with E-state index in [0.29, 0.717) is 17.0 Å². The Morgan fingerprint density at radius 1 is 1.21 bits per heavy atom. The summed E-state index contributed by atoms with van der Waals surface area (Å²) in [7, 11) is 1.44. The average molecular weight is 414 g/mol. The van der Waals surface area contributed by atoms with Gasteiger partial charge in [-0.1, -0.05) is 19.1 Å². The predicted octanol–water partition coefficient (Wildman–Crippen LogP) is 3.50. The molecule has 0 aliphatic carbocycles. The van der Waals surface area contributed by atoms with Crippen molar-refractivity contribution in [1.82, 2.24) is 5.01 Å². The molecule has 2 rings (SSSR count). The van der Waals surface area contributed by atoms with Crippen molar-refractivity contribution in [2.75, 3.05) is 20.2 Å². The van der Waals surface area contributed by atoms with Crippen molar-refractivity contribution in [2.45, 2.75) is 24.9 Å². The Morgan fingerprint density at radius 3 is 2.39 bits per heavy atom. The number of aliphatic imine (C=N–C) groups is 1. The van der Waals surface area contributed by atoms with E-state index >= 15 is 0 Å². The predicted molar refractivity (Wildman–Crippen MR) is 87.8 cm³/mol. The van der Waals surface area contributed by atoms with Gasteiger partial charge in [-0.2, -0.15) is 35.8 Å². The van der Waals surface area contributed by atoms with Crippen molar-refractivity contribution in [3.05, 3.63) is 29.8 Å². The fourth-order valence-electron chi connectivity index (χ4n) is 2.50. The van der Waals surface area contributed by atoms with Crippen molar-refractivity contribution < 1.29 is 35.5 Å². The van der Waals surface area contributed by atoms with Crippen LogP contribution >= 0.6 is 0 Å². The average Bonchev–Trinajstić information content (AvgIpc) is 3.00. The van der Waals surface area contributed by atoms with Gasteiger partial charge in [-0.25, -0.2) is 10.0 Å². The molecule has 2 N–H and O–H groups in total. The summed E-state index contributed by atoms with van der Waals surface area (Å²) < 4.78 is 94.3. The van der Waals surface area contributed by atoms with Crippen LogP contribution in [-0.2, 0) is 0 Å². The minimum atomic E-state index is -6.42. The lowest BCUT2D eigenvalue weighted by atomic mass is 9.99. The number of hydrogen-bond acceptors (Lipinski definition) is 3. The summed E-state index contributed by atoms with van der Waals surface area (Å²) in [6.45, 7) is -0.329. The molecule has 0 amide bonds. The molecule has 1 aromatic carbocycles. The van der Waals surface area contributed by atoms with E-state index in [2.05, 4.69) is 10.1 Å². The Bertz CT molecular complexity index is 777. The summed E-state index contributed by atoms with van der Waals surface area (Å²) in [6.07, 6.45) is -6.42. The summed E-state index contributed by atoms with van der Waals surface area (Å²) in [5.41, 5.74) is 6.56. The van der Waals surface area contributed by atoms with E-state index in [0.717, 1.165) is 5.01 Å². The molecular weight excluding hydrogens is 397 g/mol. The Kier molecular flexibility index (Phi) is 5.81. The zero-order valence-electron chi connectivity index (χ0n) is 14.8.